The predicted molar refractivity (Wildman–Crippen MR) is 105 cm³/mol. The third-order valence-electron chi connectivity index (χ3n) is 4.27. The molecule has 2 aromatic carbocycles. The van der Waals surface area contributed by atoms with Crippen LogP contribution in [0.4, 0.5) is 0 Å². The molecule has 0 aromatic heterocycles. The van der Waals surface area contributed by atoms with Gasteiger partial charge in [-0.05, 0) is 43.2 Å². The van der Waals surface area contributed by atoms with Crippen LogP contribution in [0.1, 0.15) is 42.1 Å². The Morgan fingerprint density at radius 3 is 2.22 bits per heavy atom. The summed E-state index contributed by atoms with van der Waals surface area (Å²) >= 11 is 0. The summed E-state index contributed by atoms with van der Waals surface area (Å²) < 4.78 is 26.5. The van der Waals surface area contributed by atoms with Crippen molar-refractivity contribution in [2.45, 2.75) is 37.2 Å². The van der Waals surface area contributed by atoms with Gasteiger partial charge in [0.25, 0.3) is 5.91 Å². The Kier molecular flexibility index (Phi) is 7.53. The molecule has 6 nitrogen and oxygen atoms in total. The van der Waals surface area contributed by atoms with Gasteiger partial charge in [0, 0.05) is 24.6 Å². The molecule has 7 heteroatoms. The molecule has 0 radical (unpaired) electrons. The number of sulfonamides is 1. The minimum Gasteiger partial charge on any atom is -0.392 e. The predicted octanol–water partition coefficient (Wildman–Crippen LogP) is 2.27. The quantitative estimate of drug-likeness (QED) is 0.612. The molecule has 27 heavy (non-hydrogen) atoms. The average molecular weight is 391 g/mol. The topological polar surface area (TPSA) is 95.5 Å². The summed E-state index contributed by atoms with van der Waals surface area (Å²) in [7, 11) is -3.71. The second-order valence-corrected chi connectivity index (χ2v) is 8.22. The van der Waals surface area contributed by atoms with Crippen LogP contribution in [0.5, 0.6) is 0 Å². The summed E-state index contributed by atoms with van der Waals surface area (Å²) in [6.45, 7) is 4.01. The van der Waals surface area contributed by atoms with Gasteiger partial charge < -0.3 is 10.4 Å². The lowest BCUT2D eigenvalue weighted by Gasteiger charge is -2.16. The highest BCUT2D eigenvalue weighted by Gasteiger charge is 2.16. The van der Waals surface area contributed by atoms with Gasteiger partial charge in [-0.15, -0.1) is 0 Å². The smallest absolute Gasteiger partial charge is 0.251 e. The summed E-state index contributed by atoms with van der Waals surface area (Å²) in [5, 5.41) is 12.1. The van der Waals surface area contributed by atoms with E-state index in [9.17, 15) is 18.3 Å². The second-order valence-electron chi connectivity index (χ2n) is 6.45. The molecule has 0 heterocycles. The van der Waals surface area contributed by atoms with E-state index in [0.29, 0.717) is 12.1 Å². The summed E-state index contributed by atoms with van der Waals surface area (Å²) in [5.74, 6) is -0.0234. The normalized spacial score (nSPS) is 13.7. The summed E-state index contributed by atoms with van der Waals surface area (Å²) in [6.07, 6.45) is 0.122. The van der Waals surface area contributed by atoms with Gasteiger partial charge in [-0.2, -0.15) is 0 Å². The number of carbonyl (C=O) groups is 1. The Labute approximate surface area is 160 Å². The van der Waals surface area contributed by atoms with E-state index in [2.05, 4.69) is 17.0 Å². The van der Waals surface area contributed by atoms with E-state index >= 15 is 0 Å². The van der Waals surface area contributed by atoms with E-state index in [-0.39, 0.29) is 23.3 Å². The highest BCUT2D eigenvalue weighted by molar-refractivity contribution is 7.89. The Morgan fingerprint density at radius 1 is 1.04 bits per heavy atom. The van der Waals surface area contributed by atoms with Gasteiger partial charge >= 0.3 is 0 Å². The monoisotopic (exact) mass is 390 g/mol. The van der Waals surface area contributed by atoms with Crippen molar-refractivity contribution in [3.8, 4) is 0 Å². The van der Waals surface area contributed by atoms with Gasteiger partial charge in [-0.25, -0.2) is 13.1 Å². The fourth-order valence-corrected chi connectivity index (χ4v) is 3.76. The third-order valence-corrected chi connectivity index (χ3v) is 5.71. The van der Waals surface area contributed by atoms with Crippen LogP contribution in [0.25, 0.3) is 0 Å². The molecular formula is C20H26N2O4S. The Morgan fingerprint density at radius 2 is 1.67 bits per heavy atom. The molecule has 2 unspecified atom stereocenters. The summed E-state index contributed by atoms with van der Waals surface area (Å²) in [6, 6.07) is 15.7. The van der Waals surface area contributed by atoms with Crippen LogP contribution in [0.3, 0.4) is 0 Å². The van der Waals surface area contributed by atoms with Crippen molar-refractivity contribution in [1.82, 2.24) is 10.0 Å². The van der Waals surface area contributed by atoms with Crippen molar-refractivity contribution in [1.29, 1.82) is 0 Å². The van der Waals surface area contributed by atoms with Crippen LogP contribution in [0, 0.1) is 0 Å². The lowest BCUT2D eigenvalue weighted by atomic mass is 9.96. The minimum atomic E-state index is -3.71. The second kappa shape index (κ2) is 9.64. The molecule has 2 rings (SSSR count). The van der Waals surface area contributed by atoms with Crippen molar-refractivity contribution in [3.05, 3.63) is 65.7 Å². The molecule has 0 saturated carbocycles. The van der Waals surface area contributed by atoms with Crippen molar-refractivity contribution in [2.24, 2.45) is 0 Å². The number of aliphatic hydroxyl groups is 1. The molecule has 0 bridgehead atoms. The van der Waals surface area contributed by atoms with E-state index in [1.807, 2.05) is 30.3 Å². The maximum absolute atomic E-state index is 12.4. The SMILES string of the molecule is CCC(CNC(=O)c1ccc(S(=O)(=O)NCC(C)O)cc1)c1ccccc1. The van der Waals surface area contributed by atoms with Crippen molar-refractivity contribution in [3.63, 3.8) is 0 Å². The Hall–Kier alpha value is -2.22. The minimum absolute atomic E-state index is 0.0513. The molecule has 0 aliphatic rings. The Bertz CT molecular complexity index is 834. The van der Waals surface area contributed by atoms with Crippen LogP contribution in [-0.2, 0) is 10.0 Å². The summed E-state index contributed by atoms with van der Waals surface area (Å²) in [4.78, 5) is 12.4. The Balaban J connectivity index is 1.99. The van der Waals surface area contributed by atoms with E-state index in [1.54, 1.807) is 0 Å². The first kappa shape index (κ1) is 21.1. The molecule has 0 saturated heterocycles. The molecule has 146 valence electrons. The zero-order valence-electron chi connectivity index (χ0n) is 15.6. The number of benzene rings is 2. The first-order valence-electron chi connectivity index (χ1n) is 8.94. The largest absolute Gasteiger partial charge is 0.392 e. The average Bonchev–Trinajstić information content (AvgIpc) is 2.68. The van der Waals surface area contributed by atoms with Crippen molar-refractivity contribution < 1.29 is 18.3 Å². The number of aliphatic hydroxyl groups excluding tert-OH is 1. The van der Waals surface area contributed by atoms with Gasteiger partial charge in [-0.3, -0.25) is 4.79 Å². The van der Waals surface area contributed by atoms with Gasteiger partial charge in [0.2, 0.25) is 10.0 Å². The van der Waals surface area contributed by atoms with Crippen LogP contribution in [-0.4, -0.2) is 38.6 Å². The molecule has 3 N–H and O–H groups in total. The molecular weight excluding hydrogens is 364 g/mol. The number of amides is 1. The van der Waals surface area contributed by atoms with E-state index in [0.717, 1.165) is 6.42 Å². The number of carbonyl (C=O) groups excluding carboxylic acids is 1. The van der Waals surface area contributed by atoms with E-state index in [4.69, 9.17) is 0 Å². The first-order chi connectivity index (χ1) is 12.8. The summed E-state index contributed by atoms with van der Waals surface area (Å²) in [5.41, 5.74) is 1.57. The number of hydrogen-bond acceptors (Lipinski definition) is 4. The maximum atomic E-state index is 12.4. The zero-order valence-corrected chi connectivity index (χ0v) is 16.4. The molecule has 0 spiro atoms. The maximum Gasteiger partial charge on any atom is 0.251 e. The molecule has 0 aliphatic carbocycles. The van der Waals surface area contributed by atoms with Gasteiger partial charge in [-0.1, -0.05) is 37.3 Å². The van der Waals surface area contributed by atoms with Crippen LogP contribution < -0.4 is 10.0 Å². The van der Waals surface area contributed by atoms with Gasteiger partial charge in [0.05, 0.1) is 11.0 Å². The lowest BCUT2D eigenvalue weighted by Crippen LogP contribution is -2.31. The number of nitrogens with one attached hydrogen (secondary N) is 2. The molecule has 2 aromatic rings. The molecule has 2 atom stereocenters. The number of rotatable bonds is 9. The first-order valence-corrected chi connectivity index (χ1v) is 10.4. The fourth-order valence-electron chi connectivity index (χ4n) is 2.64. The molecule has 0 fully saturated rings. The number of hydrogen-bond donors (Lipinski definition) is 3. The van der Waals surface area contributed by atoms with Crippen molar-refractivity contribution >= 4 is 15.9 Å². The van der Waals surface area contributed by atoms with Gasteiger partial charge in [0.15, 0.2) is 0 Å². The highest BCUT2D eigenvalue weighted by Crippen LogP contribution is 2.18. The highest BCUT2D eigenvalue weighted by atomic mass is 32.2. The molecule has 1 amide bonds. The fraction of sp³-hybridized carbons (Fsp3) is 0.350. The zero-order chi connectivity index (χ0) is 19.9. The molecule has 0 aliphatic heterocycles. The van der Waals surface area contributed by atoms with Crippen molar-refractivity contribution in [2.75, 3.05) is 13.1 Å². The standard InChI is InChI=1S/C20H26N2O4S/c1-3-16(17-7-5-4-6-8-17)14-21-20(24)18-9-11-19(12-10-18)27(25,26)22-13-15(2)23/h4-12,15-16,22-23H,3,13-14H2,1-2H3,(H,21,24). The van der Waals surface area contributed by atoms with E-state index < -0.39 is 16.1 Å². The van der Waals surface area contributed by atoms with E-state index in [1.165, 1.54) is 36.8 Å². The van der Waals surface area contributed by atoms with Crippen LogP contribution in [0.2, 0.25) is 0 Å². The lowest BCUT2D eigenvalue weighted by molar-refractivity contribution is 0.0951. The van der Waals surface area contributed by atoms with Crippen LogP contribution in [0.15, 0.2) is 59.5 Å². The van der Waals surface area contributed by atoms with Gasteiger partial charge in [0.1, 0.15) is 0 Å². The third kappa shape index (κ3) is 6.16. The van der Waals surface area contributed by atoms with Crippen LogP contribution >= 0.6 is 0 Å².